The third-order valence-corrected chi connectivity index (χ3v) is 2.89. The SMILES string of the molecule is O=C(ON=C1C=CC=C2N=c3ccccc3=C21)C(F)(F)F. The summed E-state index contributed by atoms with van der Waals surface area (Å²) in [5, 5.41) is 4.74. The van der Waals surface area contributed by atoms with Crippen LogP contribution in [0.1, 0.15) is 0 Å². The number of nitrogens with zero attached hydrogens (tertiary/aromatic N) is 2. The molecule has 0 bridgehead atoms. The Labute approximate surface area is 116 Å². The van der Waals surface area contributed by atoms with Gasteiger partial charge in [-0.25, -0.2) is 9.79 Å². The van der Waals surface area contributed by atoms with Gasteiger partial charge in [0.25, 0.3) is 0 Å². The van der Waals surface area contributed by atoms with Gasteiger partial charge in [-0.1, -0.05) is 29.4 Å². The Balaban J connectivity index is 2.03. The van der Waals surface area contributed by atoms with E-state index in [2.05, 4.69) is 15.0 Å². The van der Waals surface area contributed by atoms with Gasteiger partial charge in [0.05, 0.1) is 11.1 Å². The molecule has 4 nitrogen and oxygen atoms in total. The largest absolute Gasteiger partial charge is 0.493 e. The quantitative estimate of drug-likeness (QED) is 0.580. The van der Waals surface area contributed by atoms with Gasteiger partial charge in [-0.2, -0.15) is 13.2 Å². The molecule has 1 heterocycles. The molecule has 106 valence electrons. The number of alkyl halides is 3. The summed E-state index contributed by atoms with van der Waals surface area (Å²) >= 11 is 0. The number of halogens is 3. The molecule has 0 saturated carbocycles. The molecule has 0 radical (unpaired) electrons. The molecule has 1 aliphatic carbocycles. The van der Waals surface area contributed by atoms with Crippen molar-refractivity contribution in [2.75, 3.05) is 0 Å². The van der Waals surface area contributed by atoms with Crippen molar-refractivity contribution in [3.05, 3.63) is 58.8 Å². The number of benzene rings is 1. The van der Waals surface area contributed by atoms with E-state index in [1.807, 2.05) is 0 Å². The molecular formula is C14H7F3N2O2. The summed E-state index contributed by atoms with van der Waals surface area (Å²) in [5.74, 6) is -2.36. The van der Waals surface area contributed by atoms with E-state index < -0.39 is 12.1 Å². The van der Waals surface area contributed by atoms with Gasteiger partial charge in [0.15, 0.2) is 0 Å². The predicted octanol–water partition coefficient (Wildman–Crippen LogP) is 1.39. The van der Waals surface area contributed by atoms with Crippen molar-refractivity contribution < 1.29 is 22.8 Å². The van der Waals surface area contributed by atoms with Crippen LogP contribution in [0.4, 0.5) is 13.2 Å². The van der Waals surface area contributed by atoms with Crippen molar-refractivity contribution in [3.63, 3.8) is 0 Å². The zero-order valence-corrected chi connectivity index (χ0v) is 10.4. The molecule has 2 aliphatic rings. The molecule has 1 aromatic carbocycles. The van der Waals surface area contributed by atoms with Crippen molar-refractivity contribution in [2.45, 2.75) is 6.18 Å². The lowest BCUT2D eigenvalue weighted by molar-refractivity contribution is -0.199. The Kier molecular flexibility index (Phi) is 2.97. The lowest BCUT2D eigenvalue weighted by atomic mass is 10.0. The zero-order valence-electron chi connectivity index (χ0n) is 10.4. The Morgan fingerprint density at radius 1 is 1.24 bits per heavy atom. The molecule has 0 fully saturated rings. The number of rotatable bonds is 1. The maximum absolute atomic E-state index is 12.1. The van der Waals surface area contributed by atoms with Crippen molar-refractivity contribution in [1.82, 2.24) is 0 Å². The monoisotopic (exact) mass is 292 g/mol. The fourth-order valence-corrected chi connectivity index (χ4v) is 2.03. The minimum absolute atomic E-state index is 0.124. The van der Waals surface area contributed by atoms with Crippen molar-refractivity contribution >= 4 is 17.3 Å². The van der Waals surface area contributed by atoms with E-state index in [4.69, 9.17) is 0 Å². The second-order valence-electron chi connectivity index (χ2n) is 4.27. The molecular weight excluding hydrogens is 285 g/mol. The second kappa shape index (κ2) is 4.69. The molecule has 0 amide bonds. The summed E-state index contributed by atoms with van der Waals surface area (Å²) < 4.78 is 36.3. The highest BCUT2D eigenvalue weighted by Crippen LogP contribution is 2.22. The van der Waals surface area contributed by atoms with Crippen LogP contribution < -0.4 is 10.6 Å². The first-order valence-corrected chi connectivity index (χ1v) is 5.90. The summed E-state index contributed by atoms with van der Waals surface area (Å²) in [6.45, 7) is 0. The molecule has 1 aliphatic heterocycles. The molecule has 0 atom stereocenters. The zero-order chi connectivity index (χ0) is 15.0. The van der Waals surface area contributed by atoms with Gasteiger partial charge in [-0.3, -0.25) is 0 Å². The Morgan fingerprint density at radius 2 is 2.00 bits per heavy atom. The topological polar surface area (TPSA) is 51.0 Å². The normalized spacial score (nSPS) is 18.0. The molecule has 21 heavy (non-hydrogen) atoms. The van der Waals surface area contributed by atoms with E-state index in [0.29, 0.717) is 16.6 Å². The van der Waals surface area contributed by atoms with E-state index in [1.54, 1.807) is 36.4 Å². The van der Waals surface area contributed by atoms with Crippen molar-refractivity contribution in [2.24, 2.45) is 10.1 Å². The van der Waals surface area contributed by atoms with Crippen LogP contribution in [0.5, 0.6) is 0 Å². The Hall–Kier alpha value is -2.70. The summed E-state index contributed by atoms with van der Waals surface area (Å²) in [6, 6.07) is 7.13. The molecule has 0 unspecified atom stereocenters. The van der Waals surface area contributed by atoms with Crippen LogP contribution >= 0.6 is 0 Å². The van der Waals surface area contributed by atoms with Gasteiger partial charge in [0, 0.05) is 10.8 Å². The summed E-state index contributed by atoms with van der Waals surface area (Å²) in [5.41, 5.74) is 1.24. The molecule has 7 heteroatoms. The summed E-state index contributed by atoms with van der Waals surface area (Å²) in [7, 11) is 0. The molecule has 0 N–H and O–H groups in total. The standard InChI is InChI=1S/C14H7F3N2O2/c15-14(16,17)13(20)21-19-11-7-3-6-10-12(11)8-4-1-2-5-9(8)18-10/h1-7H. The number of carbonyl (C=O) groups excluding carboxylic acids is 1. The van der Waals surface area contributed by atoms with Gasteiger partial charge in [-0.05, 0) is 18.2 Å². The number of oxime groups is 1. The van der Waals surface area contributed by atoms with E-state index in [1.165, 1.54) is 6.08 Å². The number of fused-ring (bicyclic) bond motifs is 2. The number of carbonyl (C=O) groups is 1. The van der Waals surface area contributed by atoms with Gasteiger partial charge in [0.2, 0.25) is 0 Å². The highest BCUT2D eigenvalue weighted by atomic mass is 19.4. The van der Waals surface area contributed by atoms with Crippen LogP contribution in [0.3, 0.4) is 0 Å². The fourth-order valence-electron chi connectivity index (χ4n) is 2.03. The number of allylic oxidation sites excluding steroid dienone is 4. The number of hydrogen-bond acceptors (Lipinski definition) is 4. The van der Waals surface area contributed by atoms with Crippen LogP contribution in [-0.2, 0) is 9.63 Å². The highest BCUT2D eigenvalue weighted by Gasteiger charge is 2.41. The summed E-state index contributed by atoms with van der Waals surface area (Å²) in [4.78, 5) is 19.0. The van der Waals surface area contributed by atoms with Crippen LogP contribution in [0.25, 0.3) is 5.57 Å². The van der Waals surface area contributed by atoms with E-state index >= 15 is 0 Å². The van der Waals surface area contributed by atoms with Gasteiger partial charge >= 0.3 is 12.1 Å². The van der Waals surface area contributed by atoms with Crippen LogP contribution in [0, 0.1) is 0 Å². The smallest absolute Gasteiger partial charge is 0.308 e. The fraction of sp³-hybridized carbons (Fsp3) is 0.0714. The lowest BCUT2D eigenvalue weighted by Gasteiger charge is -2.08. The van der Waals surface area contributed by atoms with E-state index in [0.717, 1.165) is 5.22 Å². The van der Waals surface area contributed by atoms with Crippen molar-refractivity contribution in [3.8, 4) is 0 Å². The molecule has 0 aromatic heterocycles. The first-order valence-electron chi connectivity index (χ1n) is 5.90. The third kappa shape index (κ3) is 2.37. The van der Waals surface area contributed by atoms with Crippen LogP contribution in [0.15, 0.2) is 58.3 Å². The Morgan fingerprint density at radius 3 is 2.76 bits per heavy atom. The highest BCUT2D eigenvalue weighted by molar-refractivity contribution is 6.30. The average molecular weight is 292 g/mol. The minimum Gasteiger partial charge on any atom is -0.308 e. The summed E-state index contributed by atoms with van der Waals surface area (Å²) in [6.07, 6.45) is -0.335. The van der Waals surface area contributed by atoms with Crippen molar-refractivity contribution in [1.29, 1.82) is 0 Å². The lowest BCUT2D eigenvalue weighted by Crippen LogP contribution is -2.26. The van der Waals surface area contributed by atoms with Gasteiger partial charge < -0.3 is 4.84 Å². The van der Waals surface area contributed by atoms with Crippen LogP contribution in [-0.4, -0.2) is 17.9 Å². The maximum atomic E-state index is 12.1. The molecule has 0 saturated heterocycles. The number of para-hydroxylation sites is 1. The van der Waals surface area contributed by atoms with Gasteiger partial charge in [0.1, 0.15) is 5.71 Å². The second-order valence-corrected chi connectivity index (χ2v) is 4.27. The minimum atomic E-state index is -5.08. The molecule has 0 spiro atoms. The third-order valence-electron chi connectivity index (χ3n) is 2.89. The van der Waals surface area contributed by atoms with Gasteiger partial charge in [-0.15, -0.1) is 0 Å². The predicted molar refractivity (Wildman–Crippen MR) is 67.4 cm³/mol. The van der Waals surface area contributed by atoms with E-state index in [-0.39, 0.29) is 5.71 Å². The van der Waals surface area contributed by atoms with E-state index in [9.17, 15) is 18.0 Å². The first kappa shape index (κ1) is 13.3. The first-order chi connectivity index (χ1) is 9.97. The maximum Gasteiger partial charge on any atom is 0.493 e. The Bertz CT molecular complexity index is 833. The number of hydrogen-bond donors (Lipinski definition) is 0. The van der Waals surface area contributed by atoms with Crippen LogP contribution in [0.2, 0.25) is 0 Å². The molecule has 3 rings (SSSR count). The molecule has 1 aromatic rings. The average Bonchev–Trinajstić information content (AvgIpc) is 2.82.